The number of carbonyl (C=O) groups is 2. The van der Waals surface area contributed by atoms with Crippen molar-refractivity contribution in [3.8, 4) is 5.75 Å². The van der Waals surface area contributed by atoms with Crippen molar-refractivity contribution in [3.63, 3.8) is 0 Å². The minimum Gasteiger partial charge on any atom is -0.473 e. The molecule has 0 spiro atoms. The zero-order valence-corrected chi connectivity index (χ0v) is 8.51. The molecule has 0 amide bonds. The van der Waals surface area contributed by atoms with Gasteiger partial charge in [0.25, 0.3) is 0 Å². The normalized spacial score (nSPS) is 10.2. The van der Waals surface area contributed by atoms with Gasteiger partial charge in [0.05, 0.1) is 0 Å². The molecule has 0 aliphatic rings. The average molecular weight is 234 g/mol. The predicted molar refractivity (Wildman–Crippen MR) is 57.2 cm³/mol. The van der Waals surface area contributed by atoms with Gasteiger partial charge in [-0.2, -0.15) is 0 Å². The first-order valence-electron chi connectivity index (χ1n) is 4.72. The zero-order valence-electron chi connectivity index (χ0n) is 8.51. The van der Waals surface area contributed by atoms with Crippen LogP contribution in [-0.4, -0.2) is 17.0 Å². The van der Waals surface area contributed by atoms with Gasteiger partial charge in [-0.05, 0) is 11.5 Å². The summed E-state index contributed by atoms with van der Waals surface area (Å²) in [4.78, 5) is 21.3. The van der Waals surface area contributed by atoms with Crippen LogP contribution in [0, 0.1) is 5.82 Å². The van der Waals surface area contributed by atoms with E-state index in [1.54, 1.807) is 24.3 Å². The van der Waals surface area contributed by atoms with E-state index in [-0.39, 0.29) is 5.75 Å². The lowest BCUT2D eigenvalue weighted by Crippen LogP contribution is -2.19. The largest absolute Gasteiger partial charge is 0.473 e. The van der Waals surface area contributed by atoms with Crippen LogP contribution in [0.1, 0.15) is 0 Å². The molecule has 0 aromatic heterocycles. The Labute approximate surface area is 95.2 Å². The highest BCUT2D eigenvalue weighted by atomic mass is 19.1. The van der Waals surface area contributed by atoms with Crippen molar-refractivity contribution >= 4 is 22.7 Å². The second-order valence-corrected chi connectivity index (χ2v) is 3.29. The van der Waals surface area contributed by atoms with Crippen LogP contribution in [0.5, 0.6) is 5.75 Å². The molecule has 0 atom stereocenters. The van der Waals surface area contributed by atoms with Crippen molar-refractivity contribution in [1.82, 2.24) is 0 Å². The van der Waals surface area contributed by atoms with Crippen LogP contribution < -0.4 is 4.74 Å². The average Bonchev–Trinajstić information content (AvgIpc) is 2.32. The van der Waals surface area contributed by atoms with Crippen LogP contribution >= 0.6 is 0 Å². The highest BCUT2D eigenvalue weighted by Crippen LogP contribution is 2.28. The van der Waals surface area contributed by atoms with Crippen molar-refractivity contribution in [2.24, 2.45) is 0 Å². The molecular formula is C12H7FO4. The molecule has 0 fully saturated rings. The number of benzene rings is 2. The second-order valence-electron chi connectivity index (χ2n) is 3.29. The Hall–Kier alpha value is -2.43. The van der Waals surface area contributed by atoms with Crippen LogP contribution in [0.4, 0.5) is 4.39 Å². The lowest BCUT2D eigenvalue weighted by molar-refractivity contribution is -0.158. The fraction of sp³-hybridized carbons (Fsp3) is 0. The van der Waals surface area contributed by atoms with Gasteiger partial charge in [-0.3, -0.25) is 0 Å². The molecule has 0 saturated heterocycles. The minimum atomic E-state index is -1.77. The molecule has 2 aromatic rings. The molecule has 0 aliphatic carbocycles. The van der Waals surface area contributed by atoms with Gasteiger partial charge in [0.1, 0.15) is 0 Å². The number of carboxylic acids is 1. The number of carbonyl (C=O) groups excluding carboxylic acids is 1. The Bertz CT molecular complexity index is 606. The number of aliphatic carboxylic acids is 1. The molecule has 2 rings (SSSR count). The highest BCUT2D eigenvalue weighted by molar-refractivity contribution is 6.29. The standard InChI is InChI=1S/C12H7FO4/c13-9-6-5-7-3-1-2-4-8(7)10(9)17-12(16)11(14)15/h1-6H,(H,14,15). The molecular weight excluding hydrogens is 227 g/mol. The Morgan fingerprint density at radius 2 is 1.82 bits per heavy atom. The van der Waals surface area contributed by atoms with Crippen molar-refractivity contribution in [3.05, 3.63) is 42.2 Å². The van der Waals surface area contributed by atoms with Crippen molar-refractivity contribution in [1.29, 1.82) is 0 Å². The first-order valence-corrected chi connectivity index (χ1v) is 4.72. The summed E-state index contributed by atoms with van der Waals surface area (Å²) in [5.74, 6) is -4.42. The third-order valence-corrected chi connectivity index (χ3v) is 2.20. The van der Waals surface area contributed by atoms with Crippen molar-refractivity contribution in [2.75, 3.05) is 0 Å². The topological polar surface area (TPSA) is 63.6 Å². The summed E-state index contributed by atoms with van der Waals surface area (Å²) in [6.07, 6.45) is 0. The third-order valence-electron chi connectivity index (χ3n) is 2.20. The maximum absolute atomic E-state index is 13.5. The molecule has 0 heterocycles. The number of carboxylic acid groups (broad SMARTS) is 1. The van der Waals surface area contributed by atoms with E-state index >= 15 is 0 Å². The summed E-state index contributed by atoms with van der Waals surface area (Å²) in [6.45, 7) is 0. The van der Waals surface area contributed by atoms with E-state index < -0.39 is 17.8 Å². The molecule has 0 bridgehead atoms. The van der Waals surface area contributed by atoms with Crippen LogP contribution in [-0.2, 0) is 9.59 Å². The molecule has 4 nitrogen and oxygen atoms in total. The summed E-state index contributed by atoms with van der Waals surface area (Å²) in [5.41, 5.74) is 0. The zero-order chi connectivity index (χ0) is 12.4. The minimum absolute atomic E-state index is 0.349. The van der Waals surface area contributed by atoms with Crippen LogP contribution in [0.2, 0.25) is 0 Å². The number of ether oxygens (including phenoxy) is 1. The molecule has 0 aliphatic heterocycles. The summed E-state index contributed by atoms with van der Waals surface area (Å²) < 4.78 is 18.0. The van der Waals surface area contributed by atoms with Crippen LogP contribution in [0.15, 0.2) is 36.4 Å². The number of hydrogen-bond donors (Lipinski definition) is 1. The van der Waals surface area contributed by atoms with Crippen molar-refractivity contribution in [2.45, 2.75) is 0 Å². The highest BCUT2D eigenvalue weighted by Gasteiger charge is 2.18. The van der Waals surface area contributed by atoms with Gasteiger partial charge in [0, 0.05) is 5.39 Å². The molecule has 0 radical (unpaired) electrons. The molecule has 0 saturated carbocycles. The van der Waals surface area contributed by atoms with E-state index in [0.717, 1.165) is 6.07 Å². The Morgan fingerprint density at radius 3 is 2.53 bits per heavy atom. The van der Waals surface area contributed by atoms with Crippen LogP contribution in [0.3, 0.4) is 0 Å². The number of hydrogen-bond acceptors (Lipinski definition) is 3. The maximum Gasteiger partial charge on any atom is 0.422 e. The molecule has 0 unspecified atom stereocenters. The van der Waals surface area contributed by atoms with E-state index in [1.807, 2.05) is 0 Å². The molecule has 2 aromatic carbocycles. The summed E-state index contributed by atoms with van der Waals surface area (Å²) in [7, 11) is 0. The molecule has 1 N–H and O–H groups in total. The van der Waals surface area contributed by atoms with E-state index in [4.69, 9.17) is 5.11 Å². The van der Waals surface area contributed by atoms with Crippen molar-refractivity contribution < 1.29 is 23.8 Å². The van der Waals surface area contributed by atoms with Gasteiger partial charge < -0.3 is 9.84 Å². The van der Waals surface area contributed by atoms with Gasteiger partial charge in [0.2, 0.25) is 0 Å². The second kappa shape index (κ2) is 4.21. The van der Waals surface area contributed by atoms with E-state index in [9.17, 15) is 14.0 Å². The van der Waals surface area contributed by atoms with Gasteiger partial charge in [-0.1, -0.05) is 30.3 Å². The molecule has 17 heavy (non-hydrogen) atoms. The van der Waals surface area contributed by atoms with Gasteiger partial charge >= 0.3 is 11.9 Å². The van der Waals surface area contributed by atoms with Crippen LogP contribution in [0.25, 0.3) is 10.8 Å². The first kappa shape index (κ1) is 11.1. The first-order chi connectivity index (χ1) is 8.09. The maximum atomic E-state index is 13.5. The summed E-state index contributed by atoms with van der Waals surface area (Å²) in [5, 5.41) is 9.41. The fourth-order valence-electron chi connectivity index (χ4n) is 1.46. The van der Waals surface area contributed by atoms with E-state index in [2.05, 4.69) is 4.74 Å². The van der Waals surface area contributed by atoms with Gasteiger partial charge in [-0.25, -0.2) is 14.0 Å². The Kier molecular flexibility index (Phi) is 2.74. The summed E-state index contributed by atoms with van der Waals surface area (Å²) >= 11 is 0. The number of rotatable bonds is 1. The van der Waals surface area contributed by atoms with E-state index in [0.29, 0.717) is 10.8 Å². The Balaban J connectivity index is 2.55. The monoisotopic (exact) mass is 234 g/mol. The quantitative estimate of drug-likeness (QED) is 0.465. The summed E-state index contributed by atoms with van der Waals surface area (Å²) in [6, 6.07) is 9.26. The Morgan fingerprint density at radius 1 is 1.12 bits per heavy atom. The number of fused-ring (bicyclic) bond motifs is 1. The number of esters is 1. The third kappa shape index (κ3) is 2.08. The van der Waals surface area contributed by atoms with E-state index in [1.165, 1.54) is 6.07 Å². The number of halogens is 1. The predicted octanol–water partition coefficient (Wildman–Crippen LogP) is 1.97. The lowest BCUT2D eigenvalue weighted by Gasteiger charge is -2.06. The van der Waals surface area contributed by atoms with Gasteiger partial charge in [-0.15, -0.1) is 0 Å². The molecule has 86 valence electrons. The fourth-order valence-corrected chi connectivity index (χ4v) is 1.46. The molecule has 5 heteroatoms. The smallest absolute Gasteiger partial charge is 0.422 e. The van der Waals surface area contributed by atoms with Gasteiger partial charge in [0.15, 0.2) is 11.6 Å². The SMILES string of the molecule is O=C(O)C(=O)Oc1c(F)ccc2ccccc12. The lowest BCUT2D eigenvalue weighted by atomic mass is 10.1.